The third-order valence-electron chi connectivity index (χ3n) is 3.63. The van der Waals surface area contributed by atoms with Gasteiger partial charge in [0, 0.05) is 12.6 Å². The predicted octanol–water partition coefficient (Wildman–Crippen LogP) is 2.83. The van der Waals surface area contributed by atoms with Crippen LogP contribution in [0.2, 0.25) is 5.15 Å². The van der Waals surface area contributed by atoms with Gasteiger partial charge in [-0.05, 0) is 10.8 Å². The number of hydrogen-bond acceptors (Lipinski definition) is 4. The molecule has 0 aliphatic heterocycles. The SMILES string of the molecule is COc1c(Cl)nn(C)c(=O)c1C(=O)c1cccc2ccccc12. The predicted molar refractivity (Wildman–Crippen MR) is 88.4 cm³/mol. The van der Waals surface area contributed by atoms with Crippen LogP contribution in [0.1, 0.15) is 15.9 Å². The largest absolute Gasteiger partial charge is 0.492 e. The summed E-state index contributed by atoms with van der Waals surface area (Å²) in [5, 5.41) is 5.48. The highest BCUT2D eigenvalue weighted by Crippen LogP contribution is 2.28. The molecule has 116 valence electrons. The summed E-state index contributed by atoms with van der Waals surface area (Å²) < 4.78 is 6.17. The minimum Gasteiger partial charge on any atom is -0.492 e. The number of methoxy groups -OCH3 is 1. The minimum absolute atomic E-state index is 0.00676. The zero-order chi connectivity index (χ0) is 16.6. The summed E-state index contributed by atoms with van der Waals surface area (Å²) in [5.74, 6) is -0.448. The summed E-state index contributed by atoms with van der Waals surface area (Å²) >= 11 is 6.01. The molecule has 0 amide bonds. The van der Waals surface area contributed by atoms with Crippen LogP contribution in [0.25, 0.3) is 10.8 Å². The molecule has 0 atom stereocenters. The summed E-state index contributed by atoms with van der Waals surface area (Å²) in [4.78, 5) is 25.4. The van der Waals surface area contributed by atoms with Crippen LogP contribution in [0.15, 0.2) is 47.3 Å². The van der Waals surface area contributed by atoms with Crippen molar-refractivity contribution in [3.63, 3.8) is 0 Å². The summed E-state index contributed by atoms with van der Waals surface area (Å²) in [6.07, 6.45) is 0. The van der Waals surface area contributed by atoms with E-state index in [1.807, 2.05) is 30.3 Å². The van der Waals surface area contributed by atoms with Crippen LogP contribution in [0.4, 0.5) is 0 Å². The number of carbonyl (C=O) groups is 1. The molecule has 0 unspecified atom stereocenters. The lowest BCUT2D eigenvalue weighted by Crippen LogP contribution is -2.28. The normalized spacial score (nSPS) is 10.7. The fourth-order valence-corrected chi connectivity index (χ4v) is 2.81. The number of aromatic nitrogens is 2. The molecular weight excluding hydrogens is 316 g/mol. The summed E-state index contributed by atoms with van der Waals surface area (Å²) in [6.45, 7) is 0. The van der Waals surface area contributed by atoms with Gasteiger partial charge in [-0.1, -0.05) is 54.1 Å². The monoisotopic (exact) mass is 328 g/mol. The van der Waals surface area contributed by atoms with Crippen molar-refractivity contribution in [2.24, 2.45) is 7.05 Å². The van der Waals surface area contributed by atoms with Crippen molar-refractivity contribution in [1.82, 2.24) is 9.78 Å². The van der Waals surface area contributed by atoms with Crippen LogP contribution in [-0.2, 0) is 7.05 Å². The lowest BCUT2D eigenvalue weighted by molar-refractivity contribution is 0.103. The standard InChI is InChI=1S/C17H13ClN2O3/c1-20-17(22)13(15(23-2)16(18)19-20)14(21)12-9-5-7-10-6-3-4-8-11(10)12/h3-9H,1-2H3. The molecule has 6 heteroatoms. The van der Waals surface area contributed by atoms with E-state index >= 15 is 0 Å². The molecule has 1 aromatic heterocycles. The number of nitrogens with zero attached hydrogens (tertiary/aromatic N) is 2. The Morgan fingerprint density at radius 3 is 2.61 bits per heavy atom. The summed E-state index contributed by atoms with van der Waals surface area (Å²) in [5.41, 5.74) is -0.253. The lowest BCUT2D eigenvalue weighted by Gasteiger charge is -2.11. The molecule has 0 saturated carbocycles. The molecule has 0 radical (unpaired) electrons. The van der Waals surface area contributed by atoms with E-state index in [4.69, 9.17) is 16.3 Å². The number of fused-ring (bicyclic) bond motifs is 1. The molecule has 0 N–H and O–H groups in total. The molecule has 0 aliphatic carbocycles. The summed E-state index contributed by atoms with van der Waals surface area (Å²) in [6, 6.07) is 12.8. The van der Waals surface area contributed by atoms with Crippen molar-refractivity contribution in [3.05, 3.63) is 69.1 Å². The molecule has 3 rings (SSSR count). The Kier molecular flexibility index (Phi) is 3.88. The van der Waals surface area contributed by atoms with E-state index in [1.54, 1.807) is 12.1 Å². The first-order valence-electron chi connectivity index (χ1n) is 6.88. The zero-order valence-electron chi connectivity index (χ0n) is 12.5. The Labute approximate surface area is 137 Å². The number of hydrogen-bond donors (Lipinski definition) is 0. The van der Waals surface area contributed by atoms with Gasteiger partial charge in [-0.3, -0.25) is 9.59 Å². The zero-order valence-corrected chi connectivity index (χ0v) is 13.3. The van der Waals surface area contributed by atoms with Crippen molar-refractivity contribution in [2.45, 2.75) is 0 Å². The average molecular weight is 329 g/mol. The molecule has 0 bridgehead atoms. The van der Waals surface area contributed by atoms with Gasteiger partial charge in [0.05, 0.1) is 7.11 Å². The van der Waals surface area contributed by atoms with E-state index < -0.39 is 11.3 Å². The minimum atomic E-state index is -0.552. The highest BCUT2D eigenvalue weighted by molar-refractivity contribution is 6.32. The smallest absolute Gasteiger partial charge is 0.281 e. The third kappa shape index (κ3) is 2.49. The molecular formula is C17H13ClN2O3. The second kappa shape index (κ2) is 5.85. The highest BCUT2D eigenvalue weighted by Gasteiger charge is 2.24. The number of carbonyl (C=O) groups excluding carboxylic acids is 1. The van der Waals surface area contributed by atoms with Gasteiger partial charge in [-0.15, -0.1) is 0 Å². The van der Waals surface area contributed by atoms with Crippen LogP contribution in [-0.4, -0.2) is 22.7 Å². The molecule has 3 aromatic rings. The quantitative estimate of drug-likeness (QED) is 0.694. The number of halogens is 1. The number of rotatable bonds is 3. The fraction of sp³-hybridized carbons (Fsp3) is 0.118. The van der Waals surface area contributed by atoms with Crippen LogP contribution < -0.4 is 10.3 Å². The van der Waals surface area contributed by atoms with Gasteiger partial charge in [0.25, 0.3) is 5.56 Å². The van der Waals surface area contributed by atoms with Gasteiger partial charge in [0.1, 0.15) is 5.56 Å². The van der Waals surface area contributed by atoms with Crippen molar-refractivity contribution >= 4 is 28.2 Å². The van der Waals surface area contributed by atoms with E-state index in [-0.39, 0.29) is 16.5 Å². The Balaban J connectivity index is 2.31. The number of benzene rings is 2. The van der Waals surface area contributed by atoms with Crippen LogP contribution in [0, 0.1) is 0 Å². The van der Waals surface area contributed by atoms with Gasteiger partial charge in [0.15, 0.2) is 10.9 Å². The van der Waals surface area contributed by atoms with E-state index in [1.165, 1.54) is 14.2 Å². The number of aryl methyl sites for hydroxylation is 1. The molecule has 23 heavy (non-hydrogen) atoms. The maximum atomic E-state index is 13.0. The van der Waals surface area contributed by atoms with E-state index in [0.717, 1.165) is 15.5 Å². The molecule has 0 aliphatic rings. The number of ether oxygens (including phenoxy) is 1. The van der Waals surface area contributed by atoms with Crippen molar-refractivity contribution in [3.8, 4) is 5.75 Å². The fourth-order valence-electron chi connectivity index (χ4n) is 2.53. The Bertz CT molecular complexity index is 974. The molecule has 5 nitrogen and oxygen atoms in total. The Morgan fingerprint density at radius 2 is 1.87 bits per heavy atom. The van der Waals surface area contributed by atoms with Crippen molar-refractivity contribution < 1.29 is 9.53 Å². The molecule has 0 fully saturated rings. The van der Waals surface area contributed by atoms with Gasteiger partial charge in [0.2, 0.25) is 5.78 Å². The first-order chi connectivity index (χ1) is 11.0. The lowest BCUT2D eigenvalue weighted by atomic mass is 9.98. The van der Waals surface area contributed by atoms with Gasteiger partial charge in [-0.2, -0.15) is 5.10 Å². The van der Waals surface area contributed by atoms with Gasteiger partial charge >= 0.3 is 0 Å². The van der Waals surface area contributed by atoms with Gasteiger partial charge < -0.3 is 4.74 Å². The van der Waals surface area contributed by atoms with Crippen molar-refractivity contribution in [1.29, 1.82) is 0 Å². The third-order valence-corrected chi connectivity index (χ3v) is 3.87. The molecule has 2 aromatic carbocycles. The van der Waals surface area contributed by atoms with Gasteiger partial charge in [-0.25, -0.2) is 4.68 Å². The topological polar surface area (TPSA) is 61.2 Å². The van der Waals surface area contributed by atoms with E-state index in [9.17, 15) is 9.59 Å². The first kappa shape index (κ1) is 15.2. The maximum Gasteiger partial charge on any atom is 0.281 e. The summed E-state index contributed by atoms with van der Waals surface area (Å²) in [7, 11) is 2.79. The van der Waals surface area contributed by atoms with E-state index in [2.05, 4.69) is 5.10 Å². The first-order valence-corrected chi connectivity index (χ1v) is 7.25. The Morgan fingerprint density at radius 1 is 1.17 bits per heavy atom. The average Bonchev–Trinajstić information content (AvgIpc) is 2.56. The van der Waals surface area contributed by atoms with Crippen LogP contribution in [0.3, 0.4) is 0 Å². The number of ketones is 1. The highest BCUT2D eigenvalue weighted by atomic mass is 35.5. The second-order valence-corrected chi connectivity index (χ2v) is 5.34. The Hall–Kier alpha value is -2.66. The van der Waals surface area contributed by atoms with Crippen LogP contribution >= 0.6 is 11.6 Å². The maximum absolute atomic E-state index is 13.0. The van der Waals surface area contributed by atoms with Crippen molar-refractivity contribution in [2.75, 3.05) is 7.11 Å². The molecule has 0 spiro atoms. The van der Waals surface area contributed by atoms with E-state index in [0.29, 0.717) is 5.56 Å². The molecule has 0 saturated heterocycles. The second-order valence-electron chi connectivity index (χ2n) is 4.98. The molecule has 1 heterocycles. The van der Waals surface area contributed by atoms with Crippen LogP contribution in [0.5, 0.6) is 5.75 Å².